The Morgan fingerprint density at radius 2 is 2.36 bits per heavy atom. The minimum absolute atomic E-state index is 0.160. The van der Waals surface area contributed by atoms with Crippen LogP contribution in [0.15, 0.2) is 22.7 Å². The van der Waals surface area contributed by atoms with Crippen molar-refractivity contribution in [3.63, 3.8) is 0 Å². The van der Waals surface area contributed by atoms with Crippen LogP contribution in [0, 0.1) is 0 Å². The topological polar surface area (TPSA) is 107 Å². The minimum Gasteiger partial charge on any atom is -0.442 e. The third-order valence-corrected chi connectivity index (χ3v) is 4.11. The van der Waals surface area contributed by atoms with Crippen LogP contribution >= 0.6 is 23.8 Å². The number of hydrogen-bond acceptors (Lipinski definition) is 6. The Bertz CT molecular complexity index is 812. The SMILES string of the molecule is CCc1noc(-c2ccc(N3CC(CNC(N)=S)OC3=O)cc2Cl)n1. The summed E-state index contributed by atoms with van der Waals surface area (Å²) < 4.78 is 10.5. The van der Waals surface area contributed by atoms with E-state index in [0.717, 1.165) is 0 Å². The molecule has 1 fully saturated rings. The Labute approximate surface area is 154 Å². The number of carbonyl (C=O) groups is 1. The first-order valence-corrected chi connectivity index (χ1v) is 8.40. The minimum atomic E-state index is -0.454. The maximum atomic E-state index is 12.1. The van der Waals surface area contributed by atoms with Crippen molar-refractivity contribution in [2.75, 3.05) is 18.0 Å². The van der Waals surface area contributed by atoms with E-state index in [1.165, 1.54) is 4.90 Å². The Morgan fingerprint density at radius 3 is 3.00 bits per heavy atom. The van der Waals surface area contributed by atoms with Crippen molar-refractivity contribution in [1.82, 2.24) is 15.5 Å². The molecule has 2 heterocycles. The average molecular weight is 382 g/mol. The summed E-state index contributed by atoms with van der Waals surface area (Å²) in [7, 11) is 0. The van der Waals surface area contributed by atoms with Crippen molar-refractivity contribution in [2.45, 2.75) is 19.4 Å². The number of anilines is 1. The fourth-order valence-corrected chi connectivity index (χ4v) is 2.74. The summed E-state index contributed by atoms with van der Waals surface area (Å²) in [5.74, 6) is 0.947. The van der Waals surface area contributed by atoms with Crippen LogP contribution in [0.4, 0.5) is 10.5 Å². The highest BCUT2D eigenvalue weighted by Crippen LogP contribution is 2.32. The zero-order valence-corrected chi connectivity index (χ0v) is 14.9. The molecule has 1 aromatic carbocycles. The summed E-state index contributed by atoms with van der Waals surface area (Å²) in [6, 6.07) is 5.15. The van der Waals surface area contributed by atoms with Crippen molar-refractivity contribution in [3.05, 3.63) is 29.0 Å². The lowest BCUT2D eigenvalue weighted by Gasteiger charge is -2.14. The van der Waals surface area contributed by atoms with Crippen molar-refractivity contribution in [2.24, 2.45) is 5.73 Å². The monoisotopic (exact) mass is 381 g/mol. The van der Waals surface area contributed by atoms with Gasteiger partial charge in [-0.25, -0.2) is 4.79 Å². The van der Waals surface area contributed by atoms with Gasteiger partial charge in [0, 0.05) is 12.1 Å². The number of cyclic esters (lactones) is 1. The van der Waals surface area contributed by atoms with Crippen LogP contribution in [0.25, 0.3) is 11.5 Å². The third kappa shape index (κ3) is 3.83. The van der Waals surface area contributed by atoms with Gasteiger partial charge in [-0.1, -0.05) is 23.7 Å². The molecule has 1 unspecified atom stereocenters. The molecule has 8 nitrogen and oxygen atoms in total. The third-order valence-electron chi connectivity index (χ3n) is 3.66. The number of benzene rings is 1. The second-order valence-electron chi connectivity index (χ2n) is 5.39. The van der Waals surface area contributed by atoms with Gasteiger partial charge in [-0.15, -0.1) is 0 Å². The highest BCUT2D eigenvalue weighted by atomic mass is 35.5. The molecule has 1 atom stereocenters. The van der Waals surface area contributed by atoms with Crippen LogP contribution in [-0.2, 0) is 11.2 Å². The standard InChI is InChI=1S/C15H16ClN5O3S/c1-2-12-19-13(24-20-12)10-4-3-8(5-11(10)16)21-7-9(23-15(21)22)6-18-14(17)25/h3-5,9H,2,6-7H2,1H3,(H3,17,18,25). The summed E-state index contributed by atoms with van der Waals surface area (Å²) >= 11 is 11.1. The quantitative estimate of drug-likeness (QED) is 0.758. The highest BCUT2D eigenvalue weighted by molar-refractivity contribution is 7.80. The van der Waals surface area contributed by atoms with E-state index in [-0.39, 0.29) is 11.2 Å². The summed E-state index contributed by atoms with van der Waals surface area (Å²) in [5, 5.41) is 7.20. The molecule has 0 radical (unpaired) electrons. The van der Waals surface area contributed by atoms with Gasteiger partial charge in [0.2, 0.25) is 0 Å². The first kappa shape index (κ1) is 17.4. The van der Waals surface area contributed by atoms with Crippen molar-refractivity contribution in [3.8, 4) is 11.5 Å². The first-order valence-electron chi connectivity index (χ1n) is 7.62. The number of halogens is 1. The van der Waals surface area contributed by atoms with Crippen LogP contribution in [0.5, 0.6) is 0 Å². The van der Waals surface area contributed by atoms with E-state index in [1.54, 1.807) is 18.2 Å². The van der Waals surface area contributed by atoms with Crippen LogP contribution in [-0.4, -0.2) is 40.5 Å². The summed E-state index contributed by atoms with van der Waals surface area (Å²) in [6.45, 7) is 2.65. The number of aryl methyl sites for hydroxylation is 1. The van der Waals surface area contributed by atoms with E-state index in [4.69, 9.17) is 38.8 Å². The Balaban J connectivity index is 1.76. The number of thiocarbonyl (C=S) groups is 1. The van der Waals surface area contributed by atoms with E-state index in [2.05, 4.69) is 15.5 Å². The number of nitrogens with two attached hydrogens (primary N) is 1. The van der Waals surface area contributed by atoms with E-state index in [1.807, 2.05) is 6.92 Å². The van der Waals surface area contributed by atoms with Crippen molar-refractivity contribution < 1.29 is 14.1 Å². The van der Waals surface area contributed by atoms with Crippen LogP contribution in [0.3, 0.4) is 0 Å². The molecule has 1 amide bonds. The number of amides is 1. The predicted molar refractivity (Wildman–Crippen MR) is 96.5 cm³/mol. The number of nitrogens with zero attached hydrogens (tertiary/aromatic N) is 3. The van der Waals surface area contributed by atoms with Crippen LogP contribution in [0.1, 0.15) is 12.7 Å². The van der Waals surface area contributed by atoms with Crippen LogP contribution in [0.2, 0.25) is 5.02 Å². The number of ether oxygens (including phenoxy) is 1. The fraction of sp³-hybridized carbons (Fsp3) is 0.333. The molecule has 1 aliphatic heterocycles. The maximum absolute atomic E-state index is 12.1. The first-order chi connectivity index (χ1) is 12.0. The van der Waals surface area contributed by atoms with Gasteiger partial charge < -0.3 is 20.3 Å². The molecule has 1 aliphatic rings. The summed E-state index contributed by atoms with van der Waals surface area (Å²) in [5.41, 5.74) is 6.61. The number of rotatable bonds is 5. The number of carbonyl (C=O) groups excluding carboxylic acids is 1. The van der Waals surface area contributed by atoms with Gasteiger partial charge in [0.1, 0.15) is 6.10 Å². The van der Waals surface area contributed by atoms with Gasteiger partial charge in [-0.2, -0.15) is 4.98 Å². The maximum Gasteiger partial charge on any atom is 0.414 e. The normalized spacial score (nSPS) is 16.8. The van der Waals surface area contributed by atoms with Gasteiger partial charge >= 0.3 is 6.09 Å². The van der Waals surface area contributed by atoms with Gasteiger partial charge in [-0.05, 0) is 30.4 Å². The molecular weight excluding hydrogens is 366 g/mol. The fourth-order valence-electron chi connectivity index (χ4n) is 2.41. The number of hydrogen-bond donors (Lipinski definition) is 2. The predicted octanol–water partition coefficient (Wildman–Crippen LogP) is 2.11. The number of nitrogens with one attached hydrogen (secondary N) is 1. The highest BCUT2D eigenvalue weighted by Gasteiger charge is 2.32. The molecule has 3 N–H and O–H groups in total. The lowest BCUT2D eigenvalue weighted by molar-refractivity contribution is 0.143. The molecular formula is C15H16ClN5O3S. The Morgan fingerprint density at radius 1 is 1.56 bits per heavy atom. The summed E-state index contributed by atoms with van der Waals surface area (Å²) in [4.78, 5) is 17.8. The van der Waals surface area contributed by atoms with Gasteiger partial charge in [-0.3, -0.25) is 4.90 Å². The molecule has 1 saturated heterocycles. The zero-order valence-electron chi connectivity index (χ0n) is 13.4. The molecule has 10 heteroatoms. The van der Waals surface area contributed by atoms with Gasteiger partial charge in [0.25, 0.3) is 5.89 Å². The van der Waals surface area contributed by atoms with Crippen molar-refractivity contribution in [1.29, 1.82) is 0 Å². The molecule has 0 spiro atoms. The lowest BCUT2D eigenvalue weighted by atomic mass is 10.2. The average Bonchev–Trinajstić information content (AvgIpc) is 3.19. The van der Waals surface area contributed by atoms with E-state index in [9.17, 15) is 4.79 Å². The van der Waals surface area contributed by atoms with Gasteiger partial charge in [0.15, 0.2) is 10.9 Å². The largest absolute Gasteiger partial charge is 0.442 e. The van der Waals surface area contributed by atoms with Crippen LogP contribution < -0.4 is 16.0 Å². The second-order valence-corrected chi connectivity index (χ2v) is 6.24. The molecule has 0 bridgehead atoms. The summed E-state index contributed by atoms with van der Waals surface area (Å²) in [6.07, 6.45) is -0.138. The zero-order chi connectivity index (χ0) is 18.0. The molecule has 0 saturated carbocycles. The molecule has 0 aliphatic carbocycles. The molecule has 132 valence electrons. The van der Waals surface area contributed by atoms with Gasteiger partial charge in [0.05, 0.1) is 23.7 Å². The molecule has 1 aromatic heterocycles. The lowest BCUT2D eigenvalue weighted by Crippen LogP contribution is -2.37. The Hall–Kier alpha value is -2.39. The van der Waals surface area contributed by atoms with E-state index >= 15 is 0 Å². The van der Waals surface area contributed by atoms with E-state index in [0.29, 0.717) is 47.5 Å². The smallest absolute Gasteiger partial charge is 0.414 e. The van der Waals surface area contributed by atoms with Crippen molar-refractivity contribution >= 4 is 40.7 Å². The second kappa shape index (κ2) is 7.24. The number of aromatic nitrogens is 2. The van der Waals surface area contributed by atoms with E-state index < -0.39 is 6.09 Å². The molecule has 25 heavy (non-hydrogen) atoms. The molecule has 2 aromatic rings. The Kier molecular flexibility index (Phi) is 5.05. The molecule has 3 rings (SSSR count).